The first kappa shape index (κ1) is 12.5. The lowest BCUT2D eigenvalue weighted by Gasteiger charge is -2.16. The Hall–Kier alpha value is -1.53. The van der Waals surface area contributed by atoms with E-state index in [0.29, 0.717) is 12.2 Å². The van der Waals surface area contributed by atoms with Crippen LogP contribution in [-0.2, 0) is 0 Å². The van der Waals surface area contributed by atoms with E-state index in [1.807, 2.05) is 32.0 Å². The molecule has 1 N–H and O–H groups in total. The Morgan fingerprint density at radius 1 is 1.50 bits per heavy atom. The van der Waals surface area contributed by atoms with Gasteiger partial charge in [0, 0.05) is 5.56 Å². The summed E-state index contributed by atoms with van der Waals surface area (Å²) in [5.74, 6) is 0.600. The van der Waals surface area contributed by atoms with Crippen LogP contribution in [-0.4, -0.2) is 11.2 Å². The minimum Gasteiger partial charge on any atom is -0.475 e. The average molecular weight is 219 g/mol. The van der Waals surface area contributed by atoms with Crippen LogP contribution >= 0.6 is 0 Å². The number of aliphatic hydroxyl groups is 1. The van der Waals surface area contributed by atoms with Crippen LogP contribution < -0.4 is 4.74 Å². The molecule has 2 unspecified atom stereocenters. The second-order valence-corrected chi connectivity index (χ2v) is 3.86. The van der Waals surface area contributed by atoms with Crippen molar-refractivity contribution in [1.29, 1.82) is 5.26 Å². The molecule has 1 rings (SSSR count). The Labute approximate surface area is 96.3 Å². The molecule has 2 atom stereocenters. The van der Waals surface area contributed by atoms with Crippen LogP contribution in [0.3, 0.4) is 0 Å². The van der Waals surface area contributed by atoms with E-state index >= 15 is 0 Å². The lowest BCUT2D eigenvalue weighted by Crippen LogP contribution is -2.14. The summed E-state index contributed by atoms with van der Waals surface area (Å²) in [6.07, 6.45) is -0.421. The van der Waals surface area contributed by atoms with Crippen molar-refractivity contribution in [3.63, 3.8) is 0 Å². The van der Waals surface area contributed by atoms with E-state index in [-0.39, 0.29) is 0 Å². The van der Waals surface area contributed by atoms with Gasteiger partial charge in [-0.05, 0) is 31.9 Å². The van der Waals surface area contributed by atoms with Gasteiger partial charge in [-0.3, -0.25) is 0 Å². The fraction of sp³-hybridized carbons (Fsp3) is 0.462. The molecular weight excluding hydrogens is 202 g/mol. The summed E-state index contributed by atoms with van der Waals surface area (Å²) in [4.78, 5) is 0. The van der Waals surface area contributed by atoms with Crippen LogP contribution in [0, 0.1) is 18.3 Å². The second kappa shape index (κ2) is 5.53. The zero-order valence-corrected chi connectivity index (χ0v) is 9.90. The first-order valence-electron chi connectivity index (χ1n) is 5.43. The van der Waals surface area contributed by atoms with Crippen molar-refractivity contribution >= 4 is 0 Å². The molecule has 0 amide bonds. The van der Waals surface area contributed by atoms with E-state index in [9.17, 15) is 5.11 Å². The van der Waals surface area contributed by atoms with Crippen LogP contribution in [0.25, 0.3) is 0 Å². The maximum atomic E-state index is 9.59. The Morgan fingerprint density at radius 3 is 2.69 bits per heavy atom. The number of benzene rings is 1. The van der Waals surface area contributed by atoms with Crippen molar-refractivity contribution < 1.29 is 9.84 Å². The lowest BCUT2D eigenvalue weighted by molar-refractivity contribution is 0.184. The molecule has 0 saturated heterocycles. The normalized spacial score (nSPS) is 13.9. The molecule has 0 radical (unpaired) electrons. The summed E-state index contributed by atoms with van der Waals surface area (Å²) < 4.78 is 5.56. The Kier molecular flexibility index (Phi) is 4.33. The van der Waals surface area contributed by atoms with Gasteiger partial charge >= 0.3 is 0 Å². The predicted octanol–water partition coefficient (Wildman–Crippen LogP) is 2.73. The topological polar surface area (TPSA) is 53.2 Å². The van der Waals surface area contributed by atoms with E-state index < -0.39 is 12.2 Å². The van der Waals surface area contributed by atoms with Crippen LogP contribution in [0.1, 0.15) is 37.5 Å². The van der Waals surface area contributed by atoms with E-state index in [4.69, 9.17) is 10.00 Å². The van der Waals surface area contributed by atoms with E-state index in [0.717, 1.165) is 11.1 Å². The number of rotatable bonds is 4. The smallest absolute Gasteiger partial charge is 0.184 e. The molecule has 0 fully saturated rings. The van der Waals surface area contributed by atoms with Gasteiger partial charge in [0.15, 0.2) is 6.10 Å². The molecule has 0 aliphatic heterocycles. The Bertz CT molecular complexity index is 393. The van der Waals surface area contributed by atoms with Crippen molar-refractivity contribution in [2.75, 3.05) is 0 Å². The van der Waals surface area contributed by atoms with E-state index in [1.54, 1.807) is 6.92 Å². The van der Waals surface area contributed by atoms with Gasteiger partial charge in [-0.25, -0.2) is 0 Å². The molecular formula is C13H17NO2. The van der Waals surface area contributed by atoms with Crippen LogP contribution in [0.15, 0.2) is 18.2 Å². The van der Waals surface area contributed by atoms with Gasteiger partial charge < -0.3 is 9.84 Å². The summed E-state index contributed by atoms with van der Waals surface area (Å²) in [5, 5.41) is 18.4. The minimum absolute atomic E-state index is 0.459. The first-order chi connectivity index (χ1) is 7.58. The molecule has 3 nitrogen and oxygen atoms in total. The molecule has 0 aliphatic carbocycles. The standard InChI is InChI=1S/C13H17NO2/c1-4-11(8-14)16-13-7-9(2)5-6-12(13)10(3)15/h5-7,10-11,15H,4H2,1-3H3. The quantitative estimate of drug-likeness (QED) is 0.847. The Morgan fingerprint density at radius 2 is 2.19 bits per heavy atom. The minimum atomic E-state index is -0.591. The molecule has 0 aliphatic rings. The fourth-order valence-electron chi connectivity index (χ4n) is 1.44. The second-order valence-electron chi connectivity index (χ2n) is 3.86. The van der Waals surface area contributed by atoms with Gasteiger partial charge in [0.2, 0.25) is 0 Å². The SMILES string of the molecule is CCC(C#N)Oc1cc(C)ccc1C(C)O. The molecule has 0 heterocycles. The van der Waals surface area contributed by atoms with Crippen LogP contribution in [0.2, 0.25) is 0 Å². The lowest BCUT2D eigenvalue weighted by atomic mass is 10.1. The van der Waals surface area contributed by atoms with Crippen LogP contribution in [0.4, 0.5) is 0 Å². The molecule has 3 heteroatoms. The molecule has 0 aromatic heterocycles. The third kappa shape index (κ3) is 2.98. The molecule has 1 aromatic rings. The number of aliphatic hydroxyl groups excluding tert-OH is 1. The number of nitrogens with zero attached hydrogens (tertiary/aromatic N) is 1. The van der Waals surface area contributed by atoms with E-state index in [1.165, 1.54) is 0 Å². The average Bonchev–Trinajstić information content (AvgIpc) is 2.25. The summed E-state index contributed by atoms with van der Waals surface area (Å²) in [6, 6.07) is 7.68. The number of hydrogen-bond acceptors (Lipinski definition) is 3. The van der Waals surface area contributed by atoms with Crippen molar-refractivity contribution in [3.8, 4) is 11.8 Å². The third-order valence-electron chi connectivity index (χ3n) is 2.40. The Balaban J connectivity index is 3.01. The monoisotopic (exact) mass is 219 g/mol. The highest BCUT2D eigenvalue weighted by atomic mass is 16.5. The number of ether oxygens (including phenoxy) is 1. The molecule has 0 saturated carbocycles. The highest BCUT2D eigenvalue weighted by Crippen LogP contribution is 2.27. The first-order valence-corrected chi connectivity index (χ1v) is 5.43. The maximum absolute atomic E-state index is 9.59. The van der Waals surface area contributed by atoms with Gasteiger partial charge in [-0.2, -0.15) is 5.26 Å². The fourth-order valence-corrected chi connectivity index (χ4v) is 1.44. The largest absolute Gasteiger partial charge is 0.475 e. The summed E-state index contributed by atoms with van der Waals surface area (Å²) in [6.45, 7) is 5.53. The summed E-state index contributed by atoms with van der Waals surface area (Å²) >= 11 is 0. The van der Waals surface area contributed by atoms with Crippen molar-refractivity contribution in [3.05, 3.63) is 29.3 Å². The molecule has 1 aromatic carbocycles. The number of nitriles is 1. The number of aryl methyl sites for hydroxylation is 1. The van der Waals surface area contributed by atoms with Gasteiger partial charge in [0.1, 0.15) is 11.8 Å². The molecule has 16 heavy (non-hydrogen) atoms. The molecule has 0 spiro atoms. The number of hydrogen-bond donors (Lipinski definition) is 1. The zero-order valence-electron chi connectivity index (χ0n) is 9.90. The van der Waals surface area contributed by atoms with E-state index in [2.05, 4.69) is 6.07 Å². The van der Waals surface area contributed by atoms with Crippen molar-refractivity contribution in [1.82, 2.24) is 0 Å². The van der Waals surface area contributed by atoms with Gasteiger partial charge in [0.25, 0.3) is 0 Å². The van der Waals surface area contributed by atoms with Crippen LogP contribution in [0.5, 0.6) is 5.75 Å². The van der Waals surface area contributed by atoms with Crippen molar-refractivity contribution in [2.45, 2.75) is 39.4 Å². The zero-order chi connectivity index (χ0) is 12.1. The third-order valence-corrected chi connectivity index (χ3v) is 2.40. The summed E-state index contributed by atoms with van der Waals surface area (Å²) in [5.41, 5.74) is 1.77. The summed E-state index contributed by atoms with van der Waals surface area (Å²) in [7, 11) is 0. The highest BCUT2D eigenvalue weighted by Gasteiger charge is 2.13. The highest BCUT2D eigenvalue weighted by molar-refractivity contribution is 5.38. The maximum Gasteiger partial charge on any atom is 0.184 e. The van der Waals surface area contributed by atoms with Crippen molar-refractivity contribution in [2.24, 2.45) is 0 Å². The predicted molar refractivity (Wildman–Crippen MR) is 62.1 cm³/mol. The van der Waals surface area contributed by atoms with Gasteiger partial charge in [0.05, 0.1) is 6.10 Å². The van der Waals surface area contributed by atoms with Gasteiger partial charge in [-0.15, -0.1) is 0 Å². The molecule has 86 valence electrons. The van der Waals surface area contributed by atoms with Gasteiger partial charge in [-0.1, -0.05) is 19.1 Å². The molecule has 0 bridgehead atoms.